The Hall–Kier alpha value is -1.53. The van der Waals surface area contributed by atoms with Crippen LogP contribution in [0, 0.1) is 11.6 Å². The molecule has 0 amide bonds. The summed E-state index contributed by atoms with van der Waals surface area (Å²) < 4.78 is 33.9. The molecule has 4 nitrogen and oxygen atoms in total. The first kappa shape index (κ1) is 13.9. The van der Waals surface area contributed by atoms with Gasteiger partial charge < -0.3 is 4.74 Å². The molecule has 0 spiro atoms. The van der Waals surface area contributed by atoms with Crippen LogP contribution in [-0.4, -0.2) is 20.9 Å². The zero-order valence-electron chi connectivity index (χ0n) is 10.1. The van der Waals surface area contributed by atoms with Gasteiger partial charge in [0.1, 0.15) is 29.9 Å². The third kappa shape index (κ3) is 2.33. The largest absolute Gasteiger partial charge is 0.359 e. The Labute approximate surface area is 114 Å². The van der Waals surface area contributed by atoms with Crippen molar-refractivity contribution in [3.8, 4) is 0 Å². The summed E-state index contributed by atoms with van der Waals surface area (Å²) in [6, 6.07) is 3.52. The number of rotatable bonds is 3. The number of hydrogen-bond donors (Lipinski definition) is 0. The lowest BCUT2D eigenvalue weighted by molar-refractivity contribution is 0.257. The van der Waals surface area contributed by atoms with Crippen LogP contribution in [0.2, 0.25) is 0 Å². The zero-order chi connectivity index (χ0) is 12.8. The molecule has 2 atom stereocenters. The predicted molar refractivity (Wildman–Crippen MR) is 65.9 cm³/mol. The lowest BCUT2D eigenvalue weighted by Gasteiger charge is -2.13. The Morgan fingerprint density at radius 1 is 1.42 bits per heavy atom. The average Bonchev–Trinajstić information content (AvgIpc) is 2.75. The van der Waals surface area contributed by atoms with Gasteiger partial charge in [-0.2, -0.15) is 5.10 Å². The normalized spacial score (nSPS) is 24.9. The van der Waals surface area contributed by atoms with Crippen LogP contribution in [0.3, 0.4) is 0 Å². The first-order chi connectivity index (χ1) is 8.62. The second-order valence-corrected chi connectivity index (χ2v) is 4.37. The minimum Gasteiger partial charge on any atom is -0.359 e. The van der Waals surface area contributed by atoms with Crippen molar-refractivity contribution in [2.45, 2.75) is 25.2 Å². The van der Waals surface area contributed by atoms with Crippen molar-refractivity contribution in [3.63, 3.8) is 0 Å². The van der Waals surface area contributed by atoms with E-state index in [-0.39, 0.29) is 18.5 Å². The number of ether oxygens (including phenoxy) is 1. The van der Waals surface area contributed by atoms with Gasteiger partial charge in [0.2, 0.25) is 0 Å². The highest BCUT2D eigenvalue weighted by molar-refractivity contribution is 5.85. The molecule has 1 aromatic heterocycles. The molecule has 19 heavy (non-hydrogen) atoms. The van der Waals surface area contributed by atoms with E-state index in [0.717, 1.165) is 6.07 Å². The molecule has 1 aromatic carbocycles. The molecule has 2 aromatic rings. The van der Waals surface area contributed by atoms with E-state index in [0.29, 0.717) is 12.1 Å². The molecule has 0 aliphatic carbocycles. The Balaban J connectivity index is 0.00000133. The molecule has 1 saturated heterocycles. The average molecular weight is 288 g/mol. The molecular formula is C12H12ClF2N3O. The maximum absolute atomic E-state index is 13.8. The molecule has 0 unspecified atom stereocenters. The standard InChI is InChI=1S/C12H11F2N3O.ClH/c1-8-12(18-8,5-17-7-15-6-16-17)10-3-2-9(13)4-11(10)14;/h2-4,6-8H,5H2,1H3;1H/t8-,12+;/m0./s1. The second kappa shape index (κ2) is 4.86. The SMILES string of the molecule is C[C@@H]1O[C@@]1(Cn1cncn1)c1ccc(F)cc1F.Cl. The van der Waals surface area contributed by atoms with Crippen LogP contribution < -0.4 is 0 Å². The fourth-order valence-corrected chi connectivity index (χ4v) is 2.20. The van der Waals surface area contributed by atoms with Crippen LogP contribution in [0.25, 0.3) is 0 Å². The van der Waals surface area contributed by atoms with Gasteiger partial charge in [0, 0.05) is 11.6 Å². The lowest BCUT2D eigenvalue weighted by atomic mass is 9.95. The van der Waals surface area contributed by atoms with Gasteiger partial charge >= 0.3 is 0 Å². The number of epoxide rings is 1. The predicted octanol–water partition coefficient (Wildman–Crippen LogP) is 2.29. The quantitative estimate of drug-likeness (QED) is 0.814. The van der Waals surface area contributed by atoms with Crippen molar-refractivity contribution < 1.29 is 13.5 Å². The highest BCUT2D eigenvalue weighted by Gasteiger charge is 2.56. The van der Waals surface area contributed by atoms with E-state index in [4.69, 9.17) is 4.74 Å². The number of benzene rings is 1. The van der Waals surface area contributed by atoms with E-state index in [2.05, 4.69) is 10.1 Å². The summed E-state index contributed by atoms with van der Waals surface area (Å²) in [7, 11) is 0. The van der Waals surface area contributed by atoms with E-state index in [1.807, 2.05) is 6.92 Å². The first-order valence-electron chi connectivity index (χ1n) is 5.57. The van der Waals surface area contributed by atoms with Gasteiger partial charge in [-0.15, -0.1) is 12.4 Å². The number of halogens is 3. The highest BCUT2D eigenvalue weighted by atomic mass is 35.5. The molecule has 3 rings (SSSR count). The lowest BCUT2D eigenvalue weighted by Crippen LogP contribution is -2.22. The molecule has 1 fully saturated rings. The smallest absolute Gasteiger partial charge is 0.142 e. The number of nitrogens with zero attached hydrogens (tertiary/aromatic N) is 3. The van der Waals surface area contributed by atoms with Gasteiger partial charge in [-0.25, -0.2) is 18.4 Å². The van der Waals surface area contributed by atoms with Crippen LogP contribution in [-0.2, 0) is 16.9 Å². The van der Waals surface area contributed by atoms with Crippen molar-refractivity contribution in [2.75, 3.05) is 0 Å². The van der Waals surface area contributed by atoms with E-state index >= 15 is 0 Å². The molecular weight excluding hydrogens is 276 g/mol. The maximum atomic E-state index is 13.8. The summed E-state index contributed by atoms with van der Waals surface area (Å²) >= 11 is 0. The fraction of sp³-hybridized carbons (Fsp3) is 0.333. The van der Waals surface area contributed by atoms with Crippen LogP contribution >= 0.6 is 12.4 Å². The van der Waals surface area contributed by atoms with E-state index < -0.39 is 17.2 Å². The Morgan fingerprint density at radius 2 is 2.16 bits per heavy atom. The first-order valence-corrected chi connectivity index (χ1v) is 5.57. The van der Waals surface area contributed by atoms with Crippen molar-refractivity contribution in [2.24, 2.45) is 0 Å². The molecule has 2 heterocycles. The van der Waals surface area contributed by atoms with Crippen molar-refractivity contribution in [1.29, 1.82) is 0 Å². The van der Waals surface area contributed by atoms with Crippen molar-refractivity contribution in [1.82, 2.24) is 14.8 Å². The summed E-state index contributed by atoms with van der Waals surface area (Å²) in [6.07, 6.45) is 2.81. The molecule has 0 bridgehead atoms. The molecule has 1 aliphatic rings. The van der Waals surface area contributed by atoms with Crippen molar-refractivity contribution >= 4 is 12.4 Å². The van der Waals surface area contributed by atoms with Crippen LogP contribution in [0.15, 0.2) is 30.9 Å². The molecule has 7 heteroatoms. The topological polar surface area (TPSA) is 43.2 Å². The van der Waals surface area contributed by atoms with Gasteiger partial charge in [-0.1, -0.05) is 6.07 Å². The minimum absolute atomic E-state index is 0. The minimum atomic E-state index is -0.772. The molecule has 0 radical (unpaired) electrons. The molecule has 0 saturated carbocycles. The fourth-order valence-electron chi connectivity index (χ4n) is 2.20. The molecule has 1 aliphatic heterocycles. The second-order valence-electron chi connectivity index (χ2n) is 4.37. The Morgan fingerprint density at radius 3 is 2.68 bits per heavy atom. The van der Waals surface area contributed by atoms with Gasteiger partial charge in [0.05, 0.1) is 12.6 Å². The Bertz CT molecular complexity index is 578. The van der Waals surface area contributed by atoms with E-state index in [1.165, 1.54) is 24.8 Å². The van der Waals surface area contributed by atoms with E-state index in [9.17, 15) is 8.78 Å². The zero-order valence-corrected chi connectivity index (χ0v) is 10.9. The number of hydrogen-bond acceptors (Lipinski definition) is 3. The maximum Gasteiger partial charge on any atom is 0.142 e. The third-order valence-corrected chi connectivity index (χ3v) is 3.24. The van der Waals surface area contributed by atoms with Crippen LogP contribution in [0.4, 0.5) is 8.78 Å². The van der Waals surface area contributed by atoms with Gasteiger partial charge in [0.15, 0.2) is 0 Å². The van der Waals surface area contributed by atoms with Gasteiger partial charge in [0.25, 0.3) is 0 Å². The molecule has 102 valence electrons. The highest BCUT2D eigenvalue weighted by Crippen LogP contribution is 2.48. The summed E-state index contributed by atoms with van der Waals surface area (Å²) in [4.78, 5) is 3.83. The molecule has 0 N–H and O–H groups in total. The monoisotopic (exact) mass is 287 g/mol. The van der Waals surface area contributed by atoms with Gasteiger partial charge in [-0.05, 0) is 13.0 Å². The van der Waals surface area contributed by atoms with Gasteiger partial charge in [-0.3, -0.25) is 0 Å². The summed E-state index contributed by atoms with van der Waals surface area (Å²) in [5, 5.41) is 3.98. The van der Waals surface area contributed by atoms with E-state index in [1.54, 1.807) is 4.68 Å². The summed E-state index contributed by atoms with van der Waals surface area (Å²) in [6.45, 7) is 2.20. The summed E-state index contributed by atoms with van der Waals surface area (Å²) in [5.74, 6) is -1.19. The van der Waals surface area contributed by atoms with Crippen molar-refractivity contribution in [3.05, 3.63) is 48.1 Å². The summed E-state index contributed by atoms with van der Waals surface area (Å²) in [5.41, 5.74) is -0.419. The van der Waals surface area contributed by atoms with Crippen LogP contribution in [0.5, 0.6) is 0 Å². The number of aromatic nitrogens is 3. The third-order valence-electron chi connectivity index (χ3n) is 3.24. The Kier molecular flexibility index (Phi) is 3.56. The van der Waals surface area contributed by atoms with Crippen LogP contribution in [0.1, 0.15) is 12.5 Å².